The van der Waals surface area contributed by atoms with Gasteiger partial charge in [0, 0.05) is 19.6 Å². The van der Waals surface area contributed by atoms with Gasteiger partial charge in [-0.2, -0.15) is 0 Å². The smallest absolute Gasteiger partial charge is 0.298 e. The molecule has 1 fully saturated rings. The van der Waals surface area contributed by atoms with Crippen molar-refractivity contribution in [3.05, 3.63) is 0 Å². The Bertz CT molecular complexity index is 222. The maximum Gasteiger partial charge on any atom is 0.298 e. The first-order valence-electron chi connectivity index (χ1n) is 4.23. The first-order chi connectivity index (χ1) is 5.79. The molecule has 1 aliphatic rings. The summed E-state index contributed by atoms with van der Waals surface area (Å²) in [5.74, 6) is 5.13. The Labute approximate surface area is 73.1 Å². The van der Waals surface area contributed by atoms with E-state index in [1.807, 2.05) is 11.8 Å². The fourth-order valence-corrected chi connectivity index (χ4v) is 1.24. The van der Waals surface area contributed by atoms with Gasteiger partial charge in [-0.25, -0.2) is 0 Å². The number of likely N-dealkylation sites (N-methyl/N-ethyl adjacent to an activating group) is 1. The molecule has 0 bridgehead atoms. The second kappa shape index (κ2) is 4.13. The first-order valence-corrected chi connectivity index (χ1v) is 4.23. The monoisotopic (exact) mass is 166 g/mol. The maximum absolute atomic E-state index is 11.3. The van der Waals surface area contributed by atoms with Gasteiger partial charge in [0.2, 0.25) is 0 Å². The molecule has 1 N–H and O–H groups in total. The highest BCUT2D eigenvalue weighted by Crippen LogP contribution is 2.04. The Morgan fingerprint density at radius 2 is 2.33 bits per heavy atom. The van der Waals surface area contributed by atoms with Gasteiger partial charge in [-0.1, -0.05) is 5.92 Å². The Morgan fingerprint density at radius 3 is 2.67 bits per heavy atom. The van der Waals surface area contributed by atoms with Crippen LogP contribution >= 0.6 is 0 Å². The van der Waals surface area contributed by atoms with Crippen LogP contribution in [0.25, 0.3) is 0 Å². The largest absolute Gasteiger partial charge is 0.327 e. The molecule has 0 atom stereocenters. The first kappa shape index (κ1) is 9.08. The molecule has 66 valence electrons. The van der Waals surface area contributed by atoms with Crippen LogP contribution in [-0.2, 0) is 4.79 Å². The molecular weight excluding hydrogens is 152 g/mol. The SMILES string of the molecule is CC#CC(=O)N(CC)C1CNC1. The van der Waals surface area contributed by atoms with Gasteiger partial charge in [-0.05, 0) is 19.8 Å². The molecule has 1 aliphatic heterocycles. The average Bonchev–Trinajstić information content (AvgIpc) is 1.96. The van der Waals surface area contributed by atoms with E-state index in [-0.39, 0.29) is 5.91 Å². The molecule has 0 saturated carbocycles. The Kier molecular flexibility index (Phi) is 3.12. The van der Waals surface area contributed by atoms with Crippen molar-refractivity contribution in [3.8, 4) is 11.8 Å². The zero-order chi connectivity index (χ0) is 8.97. The zero-order valence-corrected chi connectivity index (χ0v) is 7.55. The summed E-state index contributed by atoms with van der Waals surface area (Å²) in [5.41, 5.74) is 0. The lowest BCUT2D eigenvalue weighted by Crippen LogP contribution is -2.58. The van der Waals surface area contributed by atoms with Crippen molar-refractivity contribution in [1.82, 2.24) is 10.2 Å². The minimum atomic E-state index is -0.0495. The summed E-state index contributed by atoms with van der Waals surface area (Å²) in [4.78, 5) is 13.1. The standard InChI is InChI=1S/C9H14N2O/c1-3-5-9(12)11(4-2)8-6-10-7-8/h8,10H,4,6-7H2,1-2H3. The topological polar surface area (TPSA) is 32.3 Å². The van der Waals surface area contributed by atoms with E-state index in [4.69, 9.17) is 0 Å². The molecule has 0 aromatic heterocycles. The Balaban J connectivity index is 2.52. The number of nitrogens with zero attached hydrogens (tertiary/aromatic N) is 1. The minimum Gasteiger partial charge on any atom is -0.327 e. The highest BCUT2D eigenvalue weighted by atomic mass is 16.2. The lowest BCUT2D eigenvalue weighted by atomic mass is 10.1. The fraction of sp³-hybridized carbons (Fsp3) is 0.667. The molecule has 0 aromatic carbocycles. The highest BCUT2D eigenvalue weighted by Gasteiger charge is 2.25. The van der Waals surface area contributed by atoms with Crippen LogP contribution < -0.4 is 5.32 Å². The lowest BCUT2D eigenvalue weighted by Gasteiger charge is -2.36. The Hall–Kier alpha value is -1.01. The van der Waals surface area contributed by atoms with Crippen molar-refractivity contribution >= 4 is 5.91 Å². The predicted octanol–water partition coefficient (Wildman–Crippen LogP) is -0.170. The average molecular weight is 166 g/mol. The second-order valence-electron chi connectivity index (χ2n) is 2.78. The van der Waals surface area contributed by atoms with Crippen LogP contribution in [0.3, 0.4) is 0 Å². The van der Waals surface area contributed by atoms with Crippen LogP contribution in [0, 0.1) is 11.8 Å². The van der Waals surface area contributed by atoms with E-state index < -0.39 is 0 Å². The third-order valence-electron chi connectivity index (χ3n) is 2.03. The molecule has 0 unspecified atom stereocenters. The maximum atomic E-state index is 11.3. The van der Waals surface area contributed by atoms with Crippen LogP contribution in [0.4, 0.5) is 0 Å². The van der Waals surface area contributed by atoms with Crippen LogP contribution in [0.2, 0.25) is 0 Å². The summed E-state index contributed by atoms with van der Waals surface area (Å²) in [6, 6.07) is 0.364. The van der Waals surface area contributed by atoms with Crippen molar-refractivity contribution in [2.75, 3.05) is 19.6 Å². The highest BCUT2D eigenvalue weighted by molar-refractivity contribution is 5.93. The van der Waals surface area contributed by atoms with Gasteiger partial charge in [0.25, 0.3) is 5.91 Å². The van der Waals surface area contributed by atoms with Crippen LogP contribution in [0.15, 0.2) is 0 Å². The van der Waals surface area contributed by atoms with E-state index in [0.29, 0.717) is 6.04 Å². The molecule has 3 nitrogen and oxygen atoms in total. The van der Waals surface area contributed by atoms with Crippen molar-refractivity contribution < 1.29 is 4.79 Å². The van der Waals surface area contributed by atoms with Crippen molar-refractivity contribution in [1.29, 1.82) is 0 Å². The van der Waals surface area contributed by atoms with Crippen LogP contribution in [0.1, 0.15) is 13.8 Å². The van der Waals surface area contributed by atoms with Crippen molar-refractivity contribution in [2.24, 2.45) is 0 Å². The lowest BCUT2D eigenvalue weighted by molar-refractivity contribution is -0.128. The van der Waals surface area contributed by atoms with E-state index >= 15 is 0 Å². The number of carbonyl (C=O) groups excluding carboxylic acids is 1. The van der Waals surface area contributed by atoms with Gasteiger partial charge >= 0.3 is 0 Å². The number of rotatable bonds is 2. The third kappa shape index (κ3) is 1.77. The van der Waals surface area contributed by atoms with Crippen molar-refractivity contribution in [2.45, 2.75) is 19.9 Å². The summed E-state index contributed by atoms with van der Waals surface area (Å²) in [6.45, 7) is 6.23. The van der Waals surface area contributed by atoms with Gasteiger partial charge in [0.05, 0.1) is 6.04 Å². The van der Waals surface area contributed by atoms with Gasteiger partial charge in [0.1, 0.15) is 0 Å². The summed E-state index contributed by atoms with van der Waals surface area (Å²) in [5, 5.41) is 3.13. The van der Waals surface area contributed by atoms with E-state index in [9.17, 15) is 4.79 Å². The van der Waals surface area contributed by atoms with Crippen LogP contribution in [-0.4, -0.2) is 36.5 Å². The second-order valence-corrected chi connectivity index (χ2v) is 2.78. The number of hydrogen-bond acceptors (Lipinski definition) is 2. The van der Waals surface area contributed by atoms with Gasteiger partial charge in [-0.15, -0.1) is 0 Å². The summed E-state index contributed by atoms with van der Waals surface area (Å²) in [7, 11) is 0. The molecule has 0 aliphatic carbocycles. The molecule has 1 amide bonds. The molecule has 1 heterocycles. The summed E-state index contributed by atoms with van der Waals surface area (Å²) >= 11 is 0. The number of amides is 1. The van der Waals surface area contributed by atoms with E-state index in [1.165, 1.54) is 0 Å². The molecule has 0 radical (unpaired) electrons. The van der Waals surface area contributed by atoms with Gasteiger partial charge < -0.3 is 10.2 Å². The normalized spacial score (nSPS) is 15.8. The quantitative estimate of drug-likeness (QED) is 0.578. The number of hydrogen-bond donors (Lipinski definition) is 1. The minimum absolute atomic E-state index is 0.0495. The van der Waals surface area contributed by atoms with E-state index in [2.05, 4.69) is 17.2 Å². The number of carbonyl (C=O) groups is 1. The van der Waals surface area contributed by atoms with Crippen LogP contribution in [0.5, 0.6) is 0 Å². The number of nitrogens with one attached hydrogen (secondary N) is 1. The molecule has 1 saturated heterocycles. The summed E-state index contributed by atoms with van der Waals surface area (Å²) in [6.07, 6.45) is 0. The molecule has 3 heteroatoms. The van der Waals surface area contributed by atoms with E-state index in [1.54, 1.807) is 6.92 Å². The molecule has 0 aromatic rings. The van der Waals surface area contributed by atoms with Gasteiger partial charge in [-0.3, -0.25) is 4.79 Å². The Morgan fingerprint density at radius 1 is 1.67 bits per heavy atom. The summed E-state index contributed by atoms with van der Waals surface area (Å²) < 4.78 is 0. The molecular formula is C9H14N2O. The predicted molar refractivity (Wildman–Crippen MR) is 47.5 cm³/mol. The molecule has 1 rings (SSSR count). The van der Waals surface area contributed by atoms with Gasteiger partial charge in [0.15, 0.2) is 0 Å². The molecule has 0 spiro atoms. The zero-order valence-electron chi connectivity index (χ0n) is 7.55. The third-order valence-corrected chi connectivity index (χ3v) is 2.03. The fourth-order valence-electron chi connectivity index (χ4n) is 1.24. The van der Waals surface area contributed by atoms with E-state index in [0.717, 1.165) is 19.6 Å². The molecule has 12 heavy (non-hydrogen) atoms. The van der Waals surface area contributed by atoms with Crippen molar-refractivity contribution in [3.63, 3.8) is 0 Å².